The summed E-state index contributed by atoms with van der Waals surface area (Å²) in [5, 5.41) is 22.6. The predicted molar refractivity (Wildman–Crippen MR) is 119 cm³/mol. The van der Waals surface area contributed by atoms with Crippen molar-refractivity contribution in [3.05, 3.63) is 65.2 Å². The van der Waals surface area contributed by atoms with Crippen LogP contribution in [0.2, 0.25) is 0 Å². The van der Waals surface area contributed by atoms with Crippen molar-refractivity contribution in [2.24, 2.45) is 0 Å². The van der Waals surface area contributed by atoms with Gasteiger partial charge in [-0.3, -0.25) is 9.69 Å². The molecule has 8 nitrogen and oxygen atoms in total. The summed E-state index contributed by atoms with van der Waals surface area (Å²) in [6, 6.07) is 13.2. The van der Waals surface area contributed by atoms with Gasteiger partial charge in [0, 0.05) is 25.8 Å². The molecule has 1 aliphatic rings. The lowest BCUT2D eigenvalue weighted by atomic mass is 10.1. The first-order valence-electron chi connectivity index (χ1n) is 10.7. The maximum absolute atomic E-state index is 12.8. The first-order valence-corrected chi connectivity index (χ1v) is 10.7. The van der Waals surface area contributed by atoms with Crippen LogP contribution < -0.4 is 10.1 Å². The number of carboxylic acids is 1. The number of nitrogens with zero attached hydrogens (tertiary/aromatic N) is 1. The number of carboxylic acid groups (broad SMARTS) is 1. The van der Waals surface area contributed by atoms with Gasteiger partial charge < -0.3 is 25.0 Å². The molecule has 1 fully saturated rings. The van der Waals surface area contributed by atoms with Crippen molar-refractivity contribution in [2.75, 3.05) is 33.4 Å². The maximum Gasteiger partial charge on any atom is 0.335 e. The molecule has 3 rings (SSSR count). The number of carbonyl (C=O) groups is 2. The van der Waals surface area contributed by atoms with Crippen molar-refractivity contribution in [1.82, 2.24) is 10.2 Å². The molecule has 0 bridgehead atoms. The Morgan fingerprint density at radius 2 is 1.75 bits per heavy atom. The number of likely N-dealkylation sites (tertiary alicyclic amines) is 1. The normalized spacial score (nSPS) is 19.2. The topological polar surface area (TPSA) is 108 Å². The number of amides is 1. The van der Waals surface area contributed by atoms with Gasteiger partial charge >= 0.3 is 5.97 Å². The molecule has 3 N–H and O–H groups in total. The van der Waals surface area contributed by atoms with Crippen molar-refractivity contribution >= 4 is 11.9 Å². The van der Waals surface area contributed by atoms with E-state index < -0.39 is 18.1 Å². The van der Waals surface area contributed by atoms with Crippen LogP contribution in [0.3, 0.4) is 0 Å². The Labute approximate surface area is 187 Å². The predicted octanol–water partition coefficient (Wildman–Crippen LogP) is 2.17. The minimum absolute atomic E-state index is 0.245. The van der Waals surface area contributed by atoms with Gasteiger partial charge in [-0.25, -0.2) is 4.79 Å². The summed E-state index contributed by atoms with van der Waals surface area (Å²) in [4.78, 5) is 26.0. The van der Waals surface area contributed by atoms with E-state index in [9.17, 15) is 14.7 Å². The van der Waals surface area contributed by atoms with E-state index in [1.807, 2.05) is 0 Å². The molecule has 1 amide bonds. The molecule has 1 saturated heterocycles. The number of ether oxygens (including phenoxy) is 2. The van der Waals surface area contributed by atoms with Crippen LogP contribution in [0.5, 0.6) is 5.75 Å². The molecule has 0 aromatic heterocycles. The van der Waals surface area contributed by atoms with Gasteiger partial charge in [-0.2, -0.15) is 0 Å². The van der Waals surface area contributed by atoms with Crippen LogP contribution in [-0.4, -0.2) is 72.5 Å². The third-order valence-electron chi connectivity index (χ3n) is 5.49. The molecule has 2 aromatic rings. The molecule has 1 aliphatic heterocycles. The van der Waals surface area contributed by atoms with Crippen molar-refractivity contribution < 1.29 is 29.3 Å². The summed E-state index contributed by atoms with van der Waals surface area (Å²) in [7, 11) is 1.61. The van der Waals surface area contributed by atoms with E-state index >= 15 is 0 Å². The standard InChI is InChI=1S/C24H30N2O6/c1-31-13-14-32-20-10-8-18(9-11-20)23(28)25-21-16-26(12-2-3-22(21)27)15-17-4-6-19(7-5-17)24(29)30/h4-11,21-22,27H,2-3,12-16H2,1H3,(H,25,28)(H,29,30)/t21-,22+/m0/s1. The largest absolute Gasteiger partial charge is 0.491 e. The van der Waals surface area contributed by atoms with E-state index in [4.69, 9.17) is 14.6 Å². The fraction of sp³-hybridized carbons (Fsp3) is 0.417. The Morgan fingerprint density at radius 1 is 1.06 bits per heavy atom. The highest BCUT2D eigenvalue weighted by atomic mass is 16.5. The molecule has 0 radical (unpaired) electrons. The van der Waals surface area contributed by atoms with Crippen molar-refractivity contribution in [1.29, 1.82) is 0 Å². The van der Waals surface area contributed by atoms with Crippen LogP contribution in [-0.2, 0) is 11.3 Å². The van der Waals surface area contributed by atoms with E-state index in [-0.39, 0.29) is 11.5 Å². The molecule has 1 heterocycles. The molecule has 2 aromatic carbocycles. The monoisotopic (exact) mass is 442 g/mol. The summed E-state index contributed by atoms with van der Waals surface area (Å²) in [6.07, 6.45) is 0.787. The van der Waals surface area contributed by atoms with Crippen LogP contribution in [0.1, 0.15) is 39.1 Å². The number of hydrogen-bond acceptors (Lipinski definition) is 6. The highest BCUT2D eigenvalue weighted by Gasteiger charge is 2.27. The molecule has 172 valence electrons. The Morgan fingerprint density at radius 3 is 2.41 bits per heavy atom. The quantitative estimate of drug-likeness (QED) is 0.511. The molecule has 32 heavy (non-hydrogen) atoms. The highest BCUT2D eigenvalue weighted by Crippen LogP contribution is 2.17. The van der Waals surface area contributed by atoms with Gasteiger partial charge in [0.15, 0.2) is 0 Å². The number of methoxy groups -OCH3 is 1. The maximum atomic E-state index is 12.8. The Hall–Kier alpha value is -2.94. The lowest BCUT2D eigenvalue weighted by Crippen LogP contribution is -2.48. The number of aromatic carboxylic acids is 1. The zero-order valence-corrected chi connectivity index (χ0v) is 18.2. The number of rotatable bonds is 9. The Bertz CT molecular complexity index is 884. The first kappa shape index (κ1) is 23.7. The van der Waals surface area contributed by atoms with Gasteiger partial charge in [0.1, 0.15) is 12.4 Å². The molecular formula is C24H30N2O6. The molecular weight excluding hydrogens is 412 g/mol. The summed E-state index contributed by atoms with van der Waals surface area (Å²) < 4.78 is 10.5. The van der Waals surface area contributed by atoms with Crippen LogP contribution >= 0.6 is 0 Å². The van der Waals surface area contributed by atoms with E-state index in [0.29, 0.717) is 44.0 Å². The number of aliphatic hydroxyl groups excluding tert-OH is 1. The second-order valence-corrected chi connectivity index (χ2v) is 7.89. The number of hydrogen-bond donors (Lipinski definition) is 3. The van der Waals surface area contributed by atoms with Crippen LogP contribution in [0.4, 0.5) is 0 Å². The summed E-state index contributed by atoms with van der Waals surface area (Å²) in [5.41, 5.74) is 1.73. The van der Waals surface area contributed by atoms with Gasteiger partial charge in [0.25, 0.3) is 5.91 Å². The Kier molecular flexibility index (Phi) is 8.61. The zero-order valence-electron chi connectivity index (χ0n) is 18.2. The first-order chi connectivity index (χ1) is 15.5. The molecule has 2 atom stereocenters. The van der Waals surface area contributed by atoms with Crippen molar-refractivity contribution in [3.63, 3.8) is 0 Å². The molecule has 8 heteroatoms. The summed E-state index contributed by atoms with van der Waals surface area (Å²) in [5.74, 6) is -0.537. The van der Waals surface area contributed by atoms with Crippen LogP contribution in [0, 0.1) is 0 Å². The summed E-state index contributed by atoms with van der Waals surface area (Å²) in [6.45, 7) is 2.84. The molecule has 0 aliphatic carbocycles. The number of nitrogens with one attached hydrogen (secondary N) is 1. The van der Waals surface area contributed by atoms with Crippen LogP contribution in [0.25, 0.3) is 0 Å². The number of benzene rings is 2. The highest BCUT2D eigenvalue weighted by molar-refractivity contribution is 5.94. The smallest absolute Gasteiger partial charge is 0.335 e. The van der Waals surface area contributed by atoms with Gasteiger partial charge in [0.2, 0.25) is 0 Å². The minimum atomic E-state index is -0.952. The van der Waals surface area contributed by atoms with Gasteiger partial charge in [-0.05, 0) is 61.3 Å². The second kappa shape index (κ2) is 11.6. The van der Waals surface area contributed by atoms with E-state index in [0.717, 1.165) is 18.5 Å². The minimum Gasteiger partial charge on any atom is -0.491 e. The van der Waals surface area contributed by atoms with Crippen LogP contribution in [0.15, 0.2) is 48.5 Å². The molecule has 0 unspecified atom stereocenters. The number of carbonyl (C=O) groups excluding carboxylic acids is 1. The SMILES string of the molecule is COCCOc1ccc(C(=O)N[C@H]2CN(Cc3ccc(C(=O)O)cc3)CCC[C@H]2O)cc1. The van der Waals surface area contributed by atoms with Gasteiger partial charge in [-0.15, -0.1) is 0 Å². The number of aliphatic hydroxyl groups is 1. The Balaban J connectivity index is 1.59. The average molecular weight is 443 g/mol. The molecule has 0 spiro atoms. The lowest BCUT2D eigenvalue weighted by Gasteiger charge is -2.27. The van der Waals surface area contributed by atoms with Crippen molar-refractivity contribution in [2.45, 2.75) is 31.5 Å². The van der Waals surface area contributed by atoms with E-state index in [1.165, 1.54) is 0 Å². The molecule has 0 saturated carbocycles. The van der Waals surface area contributed by atoms with E-state index in [2.05, 4.69) is 10.2 Å². The van der Waals surface area contributed by atoms with Gasteiger partial charge in [-0.1, -0.05) is 12.1 Å². The van der Waals surface area contributed by atoms with E-state index in [1.54, 1.807) is 55.6 Å². The van der Waals surface area contributed by atoms with Crippen molar-refractivity contribution in [3.8, 4) is 5.75 Å². The average Bonchev–Trinajstić information content (AvgIpc) is 2.95. The summed E-state index contributed by atoms with van der Waals surface area (Å²) >= 11 is 0. The second-order valence-electron chi connectivity index (χ2n) is 7.89. The fourth-order valence-corrected chi connectivity index (χ4v) is 3.71. The third-order valence-corrected chi connectivity index (χ3v) is 5.49. The lowest BCUT2D eigenvalue weighted by molar-refractivity contribution is 0.0696. The fourth-order valence-electron chi connectivity index (χ4n) is 3.71. The zero-order chi connectivity index (χ0) is 22.9. The third kappa shape index (κ3) is 6.78. The van der Waals surface area contributed by atoms with Gasteiger partial charge in [0.05, 0.1) is 24.3 Å².